The molecular formula is C17H24N2O4S. The van der Waals surface area contributed by atoms with Gasteiger partial charge in [-0.25, -0.2) is 4.98 Å². The van der Waals surface area contributed by atoms with Crippen molar-refractivity contribution in [2.45, 2.75) is 32.6 Å². The molecule has 7 heteroatoms. The van der Waals surface area contributed by atoms with Gasteiger partial charge in [-0.05, 0) is 36.6 Å². The molecule has 24 heavy (non-hydrogen) atoms. The number of ether oxygens (including phenoxy) is 3. The molecule has 132 valence electrons. The van der Waals surface area contributed by atoms with Crippen molar-refractivity contribution in [3.05, 3.63) is 35.8 Å². The van der Waals surface area contributed by atoms with E-state index >= 15 is 0 Å². The molecule has 0 aliphatic heterocycles. The van der Waals surface area contributed by atoms with Gasteiger partial charge in [0.05, 0.1) is 0 Å². The summed E-state index contributed by atoms with van der Waals surface area (Å²) in [6.45, 7) is 4.91. The number of benzene rings is 1. The van der Waals surface area contributed by atoms with E-state index in [1.165, 1.54) is 11.3 Å². The molecular weight excluding hydrogens is 328 g/mol. The van der Waals surface area contributed by atoms with Gasteiger partial charge in [-0.1, -0.05) is 25.2 Å². The van der Waals surface area contributed by atoms with Gasteiger partial charge < -0.3 is 19.3 Å². The lowest BCUT2D eigenvalue weighted by Crippen LogP contribution is -2.40. The zero-order chi connectivity index (χ0) is 17.4. The van der Waals surface area contributed by atoms with Crippen molar-refractivity contribution >= 4 is 11.3 Å². The zero-order valence-corrected chi connectivity index (χ0v) is 14.7. The van der Waals surface area contributed by atoms with E-state index in [2.05, 4.69) is 4.98 Å². The Kier molecular flexibility index (Phi) is 7.30. The van der Waals surface area contributed by atoms with Gasteiger partial charge in [-0.15, -0.1) is 0 Å². The SMILES string of the molecule is CC(C)CC(O)C(N)Oc1ccc(OCCOc2nccs2)cc1. The number of aliphatic hydroxyl groups is 1. The van der Waals surface area contributed by atoms with Crippen molar-refractivity contribution in [1.82, 2.24) is 4.98 Å². The van der Waals surface area contributed by atoms with Crippen LogP contribution in [0.4, 0.5) is 0 Å². The van der Waals surface area contributed by atoms with E-state index in [9.17, 15) is 5.11 Å². The van der Waals surface area contributed by atoms with E-state index in [1.54, 1.807) is 30.5 Å². The highest BCUT2D eigenvalue weighted by atomic mass is 32.1. The number of rotatable bonds is 10. The Morgan fingerprint density at radius 1 is 1.12 bits per heavy atom. The predicted molar refractivity (Wildman–Crippen MR) is 93.6 cm³/mol. The quantitative estimate of drug-likeness (QED) is 0.505. The molecule has 0 aliphatic carbocycles. The number of hydrogen-bond acceptors (Lipinski definition) is 7. The molecule has 3 N–H and O–H groups in total. The highest BCUT2D eigenvalue weighted by molar-refractivity contribution is 7.11. The largest absolute Gasteiger partial charge is 0.490 e. The second kappa shape index (κ2) is 9.46. The topological polar surface area (TPSA) is 86.8 Å². The van der Waals surface area contributed by atoms with Gasteiger partial charge in [-0.2, -0.15) is 0 Å². The fraction of sp³-hybridized carbons (Fsp3) is 0.471. The number of nitrogens with two attached hydrogens (primary N) is 1. The minimum Gasteiger partial charge on any atom is -0.490 e. The molecule has 1 heterocycles. The second-order valence-electron chi connectivity index (χ2n) is 5.75. The average molecular weight is 352 g/mol. The fourth-order valence-corrected chi connectivity index (χ4v) is 2.55. The Balaban J connectivity index is 1.71. The molecule has 2 rings (SSSR count). The molecule has 0 fully saturated rings. The first-order valence-electron chi connectivity index (χ1n) is 7.90. The summed E-state index contributed by atoms with van der Waals surface area (Å²) in [4.78, 5) is 4.02. The van der Waals surface area contributed by atoms with E-state index < -0.39 is 12.3 Å². The number of hydrogen-bond donors (Lipinski definition) is 2. The normalized spacial score (nSPS) is 13.5. The van der Waals surface area contributed by atoms with E-state index in [4.69, 9.17) is 19.9 Å². The maximum absolute atomic E-state index is 9.93. The van der Waals surface area contributed by atoms with Gasteiger partial charge in [0.15, 0.2) is 6.23 Å². The Labute approximate surface area is 146 Å². The lowest BCUT2D eigenvalue weighted by Gasteiger charge is -2.21. The smallest absolute Gasteiger partial charge is 0.273 e. The summed E-state index contributed by atoms with van der Waals surface area (Å²) in [7, 11) is 0. The molecule has 2 aromatic rings. The van der Waals surface area contributed by atoms with Gasteiger partial charge in [0.2, 0.25) is 0 Å². The Morgan fingerprint density at radius 3 is 2.42 bits per heavy atom. The summed E-state index contributed by atoms with van der Waals surface area (Å²) >= 11 is 1.44. The Hall–Kier alpha value is -1.83. The first-order valence-corrected chi connectivity index (χ1v) is 8.78. The minimum absolute atomic E-state index is 0.358. The number of nitrogens with zero attached hydrogens (tertiary/aromatic N) is 1. The van der Waals surface area contributed by atoms with Crippen LogP contribution in [-0.4, -0.2) is 35.6 Å². The average Bonchev–Trinajstić information content (AvgIpc) is 3.05. The molecule has 1 aromatic carbocycles. The first kappa shape index (κ1) is 18.5. The summed E-state index contributed by atoms with van der Waals surface area (Å²) < 4.78 is 16.5. The molecule has 2 unspecified atom stereocenters. The standard InChI is InChI=1S/C17H24N2O4S/c1-12(2)11-15(20)16(18)23-14-5-3-13(4-6-14)21-8-9-22-17-19-7-10-24-17/h3-7,10,12,15-16,20H,8-9,11,18H2,1-2H3. The van der Waals surface area contributed by atoms with E-state index in [-0.39, 0.29) is 0 Å². The van der Waals surface area contributed by atoms with Crippen molar-refractivity contribution < 1.29 is 19.3 Å². The van der Waals surface area contributed by atoms with Crippen molar-refractivity contribution in [3.63, 3.8) is 0 Å². The van der Waals surface area contributed by atoms with Crippen molar-refractivity contribution in [3.8, 4) is 16.7 Å². The van der Waals surface area contributed by atoms with Crippen LogP contribution in [0.15, 0.2) is 35.8 Å². The second-order valence-corrected chi connectivity index (χ2v) is 6.60. The monoisotopic (exact) mass is 352 g/mol. The highest BCUT2D eigenvalue weighted by Crippen LogP contribution is 2.20. The third-order valence-electron chi connectivity index (χ3n) is 3.18. The van der Waals surface area contributed by atoms with E-state index in [1.807, 2.05) is 19.2 Å². The van der Waals surface area contributed by atoms with E-state index in [0.29, 0.717) is 42.2 Å². The van der Waals surface area contributed by atoms with Gasteiger partial charge in [-0.3, -0.25) is 5.73 Å². The molecule has 0 saturated heterocycles. The van der Waals surface area contributed by atoms with Crippen LogP contribution in [-0.2, 0) is 0 Å². The lowest BCUT2D eigenvalue weighted by atomic mass is 10.1. The maximum Gasteiger partial charge on any atom is 0.273 e. The number of aliphatic hydroxyl groups excluding tert-OH is 1. The van der Waals surface area contributed by atoms with Crippen LogP contribution in [0.25, 0.3) is 0 Å². The minimum atomic E-state index is -0.745. The summed E-state index contributed by atoms with van der Waals surface area (Å²) in [6, 6.07) is 7.11. The van der Waals surface area contributed by atoms with Crippen LogP contribution in [0.5, 0.6) is 16.7 Å². The highest BCUT2D eigenvalue weighted by Gasteiger charge is 2.17. The summed E-state index contributed by atoms with van der Waals surface area (Å²) in [5, 5.41) is 12.4. The number of thiazole rings is 1. The molecule has 6 nitrogen and oxygen atoms in total. The third-order valence-corrected chi connectivity index (χ3v) is 3.86. The molecule has 0 bridgehead atoms. The summed E-state index contributed by atoms with van der Waals surface area (Å²) in [6.07, 6.45) is 0.860. The van der Waals surface area contributed by atoms with Crippen LogP contribution >= 0.6 is 11.3 Å². The fourth-order valence-electron chi connectivity index (χ4n) is 2.04. The number of aromatic nitrogens is 1. The predicted octanol–water partition coefficient (Wildman–Crippen LogP) is 2.67. The van der Waals surface area contributed by atoms with Gasteiger partial charge >= 0.3 is 0 Å². The Morgan fingerprint density at radius 2 is 1.79 bits per heavy atom. The molecule has 0 aliphatic rings. The van der Waals surface area contributed by atoms with Crippen LogP contribution in [0.3, 0.4) is 0 Å². The molecule has 0 radical (unpaired) electrons. The molecule has 0 amide bonds. The molecule has 0 saturated carbocycles. The van der Waals surface area contributed by atoms with Crippen LogP contribution < -0.4 is 19.9 Å². The maximum atomic E-state index is 9.93. The van der Waals surface area contributed by atoms with Gasteiger partial charge in [0.1, 0.15) is 30.8 Å². The van der Waals surface area contributed by atoms with Crippen molar-refractivity contribution in [2.75, 3.05) is 13.2 Å². The molecule has 0 spiro atoms. The zero-order valence-electron chi connectivity index (χ0n) is 13.9. The third kappa shape index (κ3) is 6.35. The van der Waals surface area contributed by atoms with Crippen LogP contribution in [0, 0.1) is 5.92 Å². The first-order chi connectivity index (χ1) is 11.5. The van der Waals surface area contributed by atoms with Crippen molar-refractivity contribution in [1.29, 1.82) is 0 Å². The lowest BCUT2D eigenvalue weighted by molar-refractivity contribution is 0.0268. The van der Waals surface area contributed by atoms with Crippen LogP contribution in [0.2, 0.25) is 0 Å². The molecule has 1 aromatic heterocycles. The summed E-state index contributed by atoms with van der Waals surface area (Å²) in [5.74, 6) is 1.66. The van der Waals surface area contributed by atoms with Gasteiger partial charge in [0.25, 0.3) is 5.19 Å². The summed E-state index contributed by atoms with van der Waals surface area (Å²) in [5.41, 5.74) is 5.86. The molecule has 2 atom stereocenters. The van der Waals surface area contributed by atoms with E-state index in [0.717, 1.165) is 0 Å². The van der Waals surface area contributed by atoms with Gasteiger partial charge in [0, 0.05) is 11.6 Å². The van der Waals surface area contributed by atoms with Crippen LogP contribution in [0.1, 0.15) is 20.3 Å². The van der Waals surface area contributed by atoms with Crippen molar-refractivity contribution in [2.24, 2.45) is 11.7 Å². The Bertz CT molecular complexity index is 575.